The Morgan fingerprint density at radius 2 is 1.11 bits per heavy atom. The Bertz CT molecular complexity index is 1450. The average molecular weight is 904 g/mol. The van der Waals surface area contributed by atoms with E-state index in [0.29, 0.717) is 25.7 Å². The number of carbonyl (C=O) groups is 3. The summed E-state index contributed by atoms with van der Waals surface area (Å²) < 4.78 is 32.7. The Morgan fingerprint density at radius 1 is 0.587 bits per heavy atom. The number of esters is 2. The molecule has 0 aromatic rings. The van der Waals surface area contributed by atoms with E-state index in [9.17, 15) is 28.9 Å². The molecule has 12 nitrogen and oxygen atoms in total. The first-order valence-electron chi connectivity index (χ1n) is 23.4. The van der Waals surface area contributed by atoms with E-state index in [1.165, 1.54) is 51.4 Å². The van der Waals surface area contributed by atoms with Gasteiger partial charge in [0.1, 0.15) is 12.6 Å². The summed E-state index contributed by atoms with van der Waals surface area (Å²) in [5, 5.41) is 18.7. The van der Waals surface area contributed by atoms with Crippen LogP contribution in [-0.4, -0.2) is 71.1 Å². The molecular formula is C50H82NO11P. The van der Waals surface area contributed by atoms with Crippen molar-refractivity contribution >= 4 is 25.7 Å². The van der Waals surface area contributed by atoms with Crippen molar-refractivity contribution in [1.82, 2.24) is 0 Å². The Labute approximate surface area is 379 Å². The molecule has 0 saturated carbocycles. The molecule has 0 bridgehead atoms. The van der Waals surface area contributed by atoms with Crippen LogP contribution in [0.3, 0.4) is 0 Å². The quantitative estimate of drug-likeness (QED) is 0.0149. The minimum atomic E-state index is -4.75. The normalized spacial score (nSPS) is 15.0. The molecule has 358 valence electrons. The summed E-state index contributed by atoms with van der Waals surface area (Å²) in [6.45, 7) is 2.48. The van der Waals surface area contributed by atoms with Crippen molar-refractivity contribution in [2.24, 2.45) is 5.73 Å². The average Bonchev–Trinajstić information content (AvgIpc) is 3.25. The summed E-state index contributed by atoms with van der Waals surface area (Å²) in [6.07, 6.45) is 52.4. The second kappa shape index (κ2) is 43.6. The van der Waals surface area contributed by atoms with Gasteiger partial charge in [-0.1, -0.05) is 169 Å². The van der Waals surface area contributed by atoms with Crippen molar-refractivity contribution in [1.29, 1.82) is 0 Å². The maximum absolute atomic E-state index is 12.7. The van der Waals surface area contributed by atoms with Gasteiger partial charge in [0, 0.05) is 12.8 Å². The zero-order valence-corrected chi connectivity index (χ0v) is 39.4. The van der Waals surface area contributed by atoms with Gasteiger partial charge in [0.05, 0.1) is 19.3 Å². The highest BCUT2D eigenvalue weighted by atomic mass is 31.2. The molecule has 13 heteroatoms. The van der Waals surface area contributed by atoms with Gasteiger partial charge in [-0.25, -0.2) is 4.57 Å². The summed E-state index contributed by atoms with van der Waals surface area (Å²) in [5.74, 6) is -2.53. The number of phosphoric ester groups is 1. The number of carbonyl (C=O) groups excluding carboxylic acids is 2. The van der Waals surface area contributed by atoms with Crippen LogP contribution in [0.4, 0.5) is 0 Å². The third-order valence-corrected chi connectivity index (χ3v) is 10.4. The third-order valence-electron chi connectivity index (χ3n) is 9.41. The Morgan fingerprint density at radius 3 is 1.70 bits per heavy atom. The van der Waals surface area contributed by atoms with Gasteiger partial charge in [-0.2, -0.15) is 0 Å². The molecule has 0 aliphatic rings. The first-order chi connectivity index (χ1) is 30.5. The summed E-state index contributed by atoms with van der Waals surface area (Å²) in [4.78, 5) is 46.0. The standard InChI is InChI=1S/C50H82NO11P/c1-3-5-7-8-9-10-11-12-13-14-15-16-17-20-24-27-30-33-37-41-49(54)62-46(43-60-63(57,58)61-44-47(51)50(55)56)42-59-48(53)40-36-32-29-26-23-21-18-19-22-25-28-31-35-39-45(52)38-34-6-4-2/h6,9-10,12-13,19,21-23,28-29,31-32,34-35,39,45-47,52H,3-5,7-8,11,14-18,20,24-27,30,33,36-38,40-44,51H2,1-2H3,(H,55,56)(H,57,58)/b10-9-,13-12-,22-19-,23-21-,31-28+,32-29-,34-6-,39-35+/t45?,46-,47+/m1/s1. The molecule has 0 heterocycles. The molecule has 4 atom stereocenters. The molecule has 0 spiro atoms. The SMILES string of the molecule is CC/C=C\CC(O)/C=C/C=C/C/C=C\C/C=C\C/C=C\CCC(=O)OC[C@H](COP(=O)(O)OC[C@H](N)C(=O)O)OC(=O)CCCCCCCCCCC/C=C\C/C=C\CCCCC. The molecule has 63 heavy (non-hydrogen) atoms. The van der Waals surface area contributed by atoms with E-state index in [0.717, 1.165) is 57.8 Å². The minimum absolute atomic E-state index is 0.0748. The number of phosphoric acid groups is 1. The van der Waals surface area contributed by atoms with Crippen molar-refractivity contribution < 1.29 is 52.6 Å². The molecule has 0 radical (unpaired) electrons. The maximum atomic E-state index is 12.7. The van der Waals surface area contributed by atoms with Crippen LogP contribution in [0.5, 0.6) is 0 Å². The summed E-state index contributed by atoms with van der Waals surface area (Å²) >= 11 is 0. The molecule has 0 aromatic carbocycles. The Kier molecular flexibility index (Phi) is 41.1. The molecule has 0 saturated heterocycles. The number of nitrogens with two attached hydrogens (primary N) is 1. The van der Waals surface area contributed by atoms with Gasteiger partial charge in [0.25, 0.3) is 0 Å². The second-order valence-corrected chi connectivity index (χ2v) is 16.8. The van der Waals surface area contributed by atoms with Crippen molar-refractivity contribution in [3.8, 4) is 0 Å². The van der Waals surface area contributed by atoms with E-state index in [4.69, 9.17) is 24.8 Å². The van der Waals surface area contributed by atoms with E-state index in [-0.39, 0.29) is 12.8 Å². The Hall–Kier alpha value is -3.64. The molecule has 0 aromatic heterocycles. The topological polar surface area (TPSA) is 192 Å². The highest BCUT2D eigenvalue weighted by Crippen LogP contribution is 2.43. The number of allylic oxidation sites excluding steroid dienone is 14. The smallest absolute Gasteiger partial charge is 0.472 e. The molecule has 5 N–H and O–H groups in total. The highest BCUT2D eigenvalue weighted by Gasteiger charge is 2.28. The summed E-state index contributed by atoms with van der Waals surface area (Å²) in [5.41, 5.74) is 5.33. The zero-order valence-electron chi connectivity index (χ0n) is 38.5. The molecule has 0 aliphatic heterocycles. The fourth-order valence-electron chi connectivity index (χ4n) is 5.73. The van der Waals surface area contributed by atoms with E-state index in [2.05, 4.69) is 60.9 Å². The fourth-order valence-corrected chi connectivity index (χ4v) is 6.51. The van der Waals surface area contributed by atoms with Crippen molar-refractivity contribution in [3.05, 3.63) is 97.2 Å². The van der Waals surface area contributed by atoms with Gasteiger partial charge in [0.15, 0.2) is 6.10 Å². The number of carboxylic acid groups (broad SMARTS) is 1. The predicted molar refractivity (Wildman–Crippen MR) is 255 cm³/mol. The van der Waals surface area contributed by atoms with Crippen LogP contribution in [0.25, 0.3) is 0 Å². The largest absolute Gasteiger partial charge is 0.480 e. The lowest BCUT2D eigenvalue weighted by molar-refractivity contribution is -0.161. The number of hydrogen-bond acceptors (Lipinski definition) is 10. The molecule has 0 aliphatic carbocycles. The monoisotopic (exact) mass is 904 g/mol. The van der Waals surface area contributed by atoms with Crippen molar-refractivity contribution in [2.75, 3.05) is 19.8 Å². The number of ether oxygens (including phenoxy) is 2. The third kappa shape index (κ3) is 43.4. The minimum Gasteiger partial charge on any atom is -0.480 e. The number of aliphatic carboxylic acids is 1. The second-order valence-electron chi connectivity index (χ2n) is 15.4. The van der Waals surface area contributed by atoms with Crippen LogP contribution in [0.15, 0.2) is 97.2 Å². The van der Waals surface area contributed by atoms with E-state index in [1.807, 2.05) is 48.6 Å². The molecule has 0 fully saturated rings. The molecule has 0 rings (SSSR count). The lowest BCUT2D eigenvalue weighted by Crippen LogP contribution is -2.34. The molecule has 0 amide bonds. The lowest BCUT2D eigenvalue weighted by Gasteiger charge is -2.20. The number of unbranched alkanes of at least 4 members (excludes halogenated alkanes) is 12. The van der Waals surface area contributed by atoms with E-state index in [1.54, 1.807) is 6.08 Å². The van der Waals surface area contributed by atoms with Crippen molar-refractivity contribution in [3.63, 3.8) is 0 Å². The van der Waals surface area contributed by atoms with Gasteiger partial charge in [-0.05, 0) is 77.0 Å². The van der Waals surface area contributed by atoms with E-state index >= 15 is 0 Å². The van der Waals surface area contributed by atoms with Crippen LogP contribution < -0.4 is 5.73 Å². The van der Waals surface area contributed by atoms with Gasteiger partial charge in [-0.15, -0.1) is 0 Å². The zero-order chi connectivity index (χ0) is 46.5. The van der Waals surface area contributed by atoms with Crippen LogP contribution in [0.2, 0.25) is 0 Å². The number of hydrogen-bond donors (Lipinski definition) is 4. The molecule has 2 unspecified atom stereocenters. The van der Waals surface area contributed by atoms with E-state index < -0.39 is 63.8 Å². The fraction of sp³-hybridized carbons (Fsp3) is 0.620. The van der Waals surface area contributed by atoms with Gasteiger partial charge in [-0.3, -0.25) is 23.4 Å². The first kappa shape index (κ1) is 59.4. The highest BCUT2D eigenvalue weighted by molar-refractivity contribution is 7.47. The van der Waals surface area contributed by atoms with Crippen molar-refractivity contribution in [2.45, 2.75) is 180 Å². The Balaban J connectivity index is 4.49. The van der Waals surface area contributed by atoms with Gasteiger partial charge in [0.2, 0.25) is 0 Å². The van der Waals surface area contributed by atoms with Crippen LogP contribution in [0, 0.1) is 0 Å². The van der Waals surface area contributed by atoms with Gasteiger partial charge >= 0.3 is 25.7 Å². The number of carboxylic acids is 1. The number of aliphatic hydroxyl groups is 1. The van der Waals surface area contributed by atoms with Crippen LogP contribution >= 0.6 is 7.82 Å². The number of aliphatic hydroxyl groups excluding tert-OH is 1. The number of rotatable bonds is 42. The lowest BCUT2D eigenvalue weighted by atomic mass is 10.1. The summed E-state index contributed by atoms with van der Waals surface area (Å²) in [7, 11) is -4.75. The predicted octanol–water partition coefficient (Wildman–Crippen LogP) is 11.8. The first-order valence-corrected chi connectivity index (χ1v) is 24.9. The molecular weight excluding hydrogens is 822 g/mol. The van der Waals surface area contributed by atoms with Gasteiger partial charge < -0.3 is 30.3 Å². The van der Waals surface area contributed by atoms with Crippen LogP contribution in [0.1, 0.15) is 162 Å². The maximum Gasteiger partial charge on any atom is 0.472 e. The summed E-state index contributed by atoms with van der Waals surface area (Å²) in [6, 6.07) is -1.54. The van der Waals surface area contributed by atoms with Crippen LogP contribution in [-0.2, 0) is 37.5 Å².